The first kappa shape index (κ1) is 13.2. The van der Waals surface area contributed by atoms with Gasteiger partial charge < -0.3 is 10.5 Å². The smallest absolute Gasteiger partial charge is 0.390 e. The molecule has 1 heterocycles. The molecule has 1 unspecified atom stereocenters. The molecule has 2 N–H and O–H groups in total. The van der Waals surface area contributed by atoms with Crippen LogP contribution in [-0.4, -0.2) is 11.8 Å². The van der Waals surface area contributed by atoms with Crippen LogP contribution in [0.5, 0.6) is 5.75 Å². The Morgan fingerprint density at radius 2 is 2.06 bits per heavy atom. The molecule has 0 aliphatic carbocycles. The van der Waals surface area contributed by atoms with E-state index in [0.717, 1.165) is 11.3 Å². The molecule has 0 saturated carbocycles. The van der Waals surface area contributed by atoms with Crippen molar-refractivity contribution in [2.45, 2.75) is 44.5 Å². The molecule has 0 spiro atoms. The third-order valence-electron chi connectivity index (χ3n) is 2.97. The van der Waals surface area contributed by atoms with Crippen molar-refractivity contribution in [3.05, 3.63) is 29.3 Å². The van der Waals surface area contributed by atoms with E-state index in [0.29, 0.717) is 12.0 Å². The van der Waals surface area contributed by atoms with Crippen molar-refractivity contribution < 1.29 is 17.9 Å². The summed E-state index contributed by atoms with van der Waals surface area (Å²) in [7, 11) is 0. The first-order chi connectivity index (χ1) is 8.16. The van der Waals surface area contributed by atoms with E-state index in [-0.39, 0.29) is 5.60 Å². The van der Waals surface area contributed by atoms with E-state index in [1.807, 2.05) is 13.8 Å². The number of nitrogens with two attached hydrogens (primary N) is 1. The van der Waals surface area contributed by atoms with Crippen LogP contribution in [0, 0.1) is 0 Å². The monoisotopic (exact) mass is 259 g/mol. The lowest BCUT2D eigenvalue weighted by atomic mass is 9.97. The van der Waals surface area contributed by atoms with Gasteiger partial charge in [0.1, 0.15) is 11.4 Å². The van der Waals surface area contributed by atoms with Crippen LogP contribution < -0.4 is 10.5 Å². The van der Waals surface area contributed by atoms with Crippen molar-refractivity contribution in [2.75, 3.05) is 0 Å². The number of rotatable bonds is 2. The lowest BCUT2D eigenvalue weighted by Gasteiger charge is -2.16. The third kappa shape index (κ3) is 2.96. The van der Waals surface area contributed by atoms with Gasteiger partial charge in [0, 0.05) is 12.5 Å². The van der Waals surface area contributed by atoms with E-state index in [2.05, 4.69) is 0 Å². The number of ether oxygens (including phenoxy) is 1. The summed E-state index contributed by atoms with van der Waals surface area (Å²) in [6.07, 6.45) is -4.56. The Labute approximate surface area is 104 Å². The minimum Gasteiger partial charge on any atom is -0.487 e. The van der Waals surface area contributed by atoms with Crippen LogP contribution >= 0.6 is 0 Å². The topological polar surface area (TPSA) is 35.2 Å². The second-order valence-corrected chi connectivity index (χ2v) is 5.33. The molecule has 0 fully saturated rings. The van der Waals surface area contributed by atoms with Crippen LogP contribution in [-0.2, 0) is 6.42 Å². The van der Waals surface area contributed by atoms with E-state index < -0.39 is 18.6 Å². The van der Waals surface area contributed by atoms with Gasteiger partial charge in [-0.25, -0.2) is 0 Å². The number of hydrogen-bond donors (Lipinski definition) is 1. The zero-order chi connectivity index (χ0) is 13.6. The van der Waals surface area contributed by atoms with Crippen LogP contribution in [0.4, 0.5) is 13.2 Å². The molecule has 5 heteroatoms. The van der Waals surface area contributed by atoms with Gasteiger partial charge in [0.05, 0.1) is 6.42 Å². The molecule has 100 valence electrons. The molecule has 0 aromatic heterocycles. The SMILES string of the molecule is CC1(C)Cc2cc(C(N)CC(F)(F)F)ccc2O1. The van der Waals surface area contributed by atoms with Gasteiger partial charge in [-0.05, 0) is 31.0 Å². The molecule has 2 nitrogen and oxygen atoms in total. The van der Waals surface area contributed by atoms with Gasteiger partial charge in [-0.15, -0.1) is 0 Å². The molecule has 1 atom stereocenters. The Kier molecular flexibility index (Phi) is 3.05. The highest BCUT2D eigenvalue weighted by atomic mass is 19.4. The maximum absolute atomic E-state index is 12.3. The van der Waals surface area contributed by atoms with Gasteiger partial charge in [-0.3, -0.25) is 0 Å². The van der Waals surface area contributed by atoms with Gasteiger partial charge in [-0.2, -0.15) is 13.2 Å². The average Bonchev–Trinajstić information content (AvgIpc) is 2.47. The van der Waals surface area contributed by atoms with Crippen molar-refractivity contribution >= 4 is 0 Å². The van der Waals surface area contributed by atoms with Gasteiger partial charge in [-0.1, -0.05) is 12.1 Å². The molecule has 1 aliphatic heterocycles. The molecular formula is C13H16F3NO. The highest BCUT2D eigenvalue weighted by Crippen LogP contribution is 2.37. The van der Waals surface area contributed by atoms with Crippen LogP contribution in [0.15, 0.2) is 18.2 Å². The molecule has 0 radical (unpaired) electrons. The normalized spacial score (nSPS) is 19.2. The van der Waals surface area contributed by atoms with Crippen molar-refractivity contribution in [3.8, 4) is 5.75 Å². The number of benzene rings is 1. The summed E-state index contributed by atoms with van der Waals surface area (Å²) < 4.78 is 42.5. The fourth-order valence-electron chi connectivity index (χ4n) is 2.23. The first-order valence-corrected chi connectivity index (χ1v) is 5.80. The van der Waals surface area contributed by atoms with Crippen molar-refractivity contribution in [2.24, 2.45) is 5.73 Å². The predicted molar refractivity (Wildman–Crippen MR) is 62.5 cm³/mol. The molecule has 18 heavy (non-hydrogen) atoms. The Balaban J connectivity index is 2.18. The first-order valence-electron chi connectivity index (χ1n) is 5.80. The van der Waals surface area contributed by atoms with E-state index >= 15 is 0 Å². The van der Waals surface area contributed by atoms with E-state index in [9.17, 15) is 13.2 Å². The zero-order valence-electron chi connectivity index (χ0n) is 10.3. The van der Waals surface area contributed by atoms with Crippen molar-refractivity contribution in [1.29, 1.82) is 0 Å². The summed E-state index contributed by atoms with van der Waals surface area (Å²) in [4.78, 5) is 0. The van der Waals surface area contributed by atoms with Gasteiger partial charge in [0.15, 0.2) is 0 Å². The Hall–Kier alpha value is -1.23. The van der Waals surface area contributed by atoms with E-state index in [1.54, 1.807) is 18.2 Å². The van der Waals surface area contributed by atoms with E-state index in [4.69, 9.17) is 10.5 Å². The quantitative estimate of drug-likeness (QED) is 0.884. The van der Waals surface area contributed by atoms with Crippen LogP contribution in [0.3, 0.4) is 0 Å². The summed E-state index contributed by atoms with van der Waals surface area (Å²) in [6.45, 7) is 3.89. The summed E-state index contributed by atoms with van der Waals surface area (Å²) >= 11 is 0. The van der Waals surface area contributed by atoms with Crippen molar-refractivity contribution in [1.82, 2.24) is 0 Å². The molecule has 2 rings (SSSR count). The van der Waals surface area contributed by atoms with Crippen molar-refractivity contribution in [3.63, 3.8) is 0 Å². The molecule has 0 amide bonds. The van der Waals surface area contributed by atoms with E-state index in [1.165, 1.54) is 0 Å². The summed E-state index contributed by atoms with van der Waals surface area (Å²) in [5, 5.41) is 0. The van der Waals surface area contributed by atoms with Crippen LogP contribution in [0.2, 0.25) is 0 Å². The second-order valence-electron chi connectivity index (χ2n) is 5.33. The fraction of sp³-hybridized carbons (Fsp3) is 0.538. The summed E-state index contributed by atoms with van der Waals surface area (Å²) in [5.74, 6) is 0.739. The van der Waals surface area contributed by atoms with Gasteiger partial charge in [0.25, 0.3) is 0 Å². The lowest BCUT2D eigenvalue weighted by molar-refractivity contribution is -0.138. The minimum absolute atomic E-state index is 0.297. The molecule has 1 aromatic carbocycles. The Morgan fingerprint density at radius 3 is 2.67 bits per heavy atom. The Bertz CT molecular complexity index is 454. The maximum atomic E-state index is 12.3. The number of hydrogen-bond acceptors (Lipinski definition) is 2. The maximum Gasteiger partial charge on any atom is 0.390 e. The van der Waals surface area contributed by atoms with Crippen LogP contribution in [0.1, 0.15) is 37.4 Å². The summed E-state index contributed by atoms with van der Waals surface area (Å²) in [5.41, 5.74) is 6.72. The Morgan fingerprint density at radius 1 is 1.39 bits per heavy atom. The minimum atomic E-state index is -4.24. The number of halogens is 3. The number of alkyl halides is 3. The molecule has 1 aliphatic rings. The number of fused-ring (bicyclic) bond motifs is 1. The highest BCUT2D eigenvalue weighted by Gasteiger charge is 2.33. The second kappa shape index (κ2) is 4.16. The van der Waals surface area contributed by atoms with Gasteiger partial charge in [0.2, 0.25) is 0 Å². The fourth-order valence-corrected chi connectivity index (χ4v) is 2.23. The lowest BCUT2D eigenvalue weighted by Crippen LogP contribution is -2.24. The molecular weight excluding hydrogens is 243 g/mol. The zero-order valence-corrected chi connectivity index (χ0v) is 10.3. The largest absolute Gasteiger partial charge is 0.487 e. The molecule has 1 aromatic rings. The highest BCUT2D eigenvalue weighted by molar-refractivity contribution is 5.42. The molecule has 0 bridgehead atoms. The third-order valence-corrected chi connectivity index (χ3v) is 2.97. The predicted octanol–water partition coefficient (Wildman–Crippen LogP) is 3.35. The van der Waals surface area contributed by atoms with Crippen LogP contribution in [0.25, 0.3) is 0 Å². The molecule has 0 saturated heterocycles. The van der Waals surface area contributed by atoms with Gasteiger partial charge >= 0.3 is 6.18 Å². The average molecular weight is 259 g/mol. The standard InChI is InChI=1S/C13H16F3NO/c1-12(2)6-9-5-8(3-4-11(9)18-12)10(17)7-13(14,15)16/h3-5,10H,6-7,17H2,1-2H3. The summed E-state index contributed by atoms with van der Waals surface area (Å²) in [6, 6.07) is 4.02.